The molecule has 1 N–H and O–H groups in total. The zero-order valence-corrected chi connectivity index (χ0v) is 18.5. The topological polar surface area (TPSA) is 65.0 Å². The lowest BCUT2D eigenvalue weighted by molar-refractivity contribution is -0.138. The van der Waals surface area contributed by atoms with E-state index in [1.807, 2.05) is 49.4 Å². The highest BCUT2D eigenvalue weighted by atomic mass is 16.6. The maximum absolute atomic E-state index is 11.2. The van der Waals surface area contributed by atoms with Gasteiger partial charge in [0, 0.05) is 11.6 Å². The summed E-state index contributed by atoms with van der Waals surface area (Å²) in [7, 11) is 0. The van der Waals surface area contributed by atoms with Crippen molar-refractivity contribution >= 4 is 5.97 Å². The Bertz CT molecular complexity index is 1070. The third-order valence-electron chi connectivity index (χ3n) is 4.95. The largest absolute Gasteiger partial charge is 0.491 e. The van der Waals surface area contributed by atoms with E-state index in [9.17, 15) is 4.79 Å². The van der Waals surface area contributed by atoms with Crippen molar-refractivity contribution < 1.29 is 24.1 Å². The number of esters is 1. The van der Waals surface area contributed by atoms with E-state index in [1.54, 1.807) is 0 Å². The van der Waals surface area contributed by atoms with Crippen LogP contribution in [0.1, 0.15) is 11.1 Å². The van der Waals surface area contributed by atoms with Crippen molar-refractivity contribution in [3.05, 3.63) is 84.4 Å². The fourth-order valence-corrected chi connectivity index (χ4v) is 3.39. The van der Waals surface area contributed by atoms with Gasteiger partial charge in [0.1, 0.15) is 31.3 Å². The molecule has 0 aliphatic carbocycles. The van der Waals surface area contributed by atoms with E-state index in [0.717, 1.165) is 51.0 Å². The summed E-state index contributed by atoms with van der Waals surface area (Å²) in [5.74, 6) is 1.02. The predicted molar refractivity (Wildman–Crippen MR) is 126 cm³/mol. The summed E-state index contributed by atoms with van der Waals surface area (Å²) < 4.78 is 16.4. The molecule has 0 unspecified atom stereocenters. The summed E-state index contributed by atoms with van der Waals surface area (Å²) >= 11 is 0. The van der Waals surface area contributed by atoms with Crippen LogP contribution in [0.4, 0.5) is 0 Å². The van der Waals surface area contributed by atoms with Crippen LogP contribution in [0, 0.1) is 13.8 Å². The second-order valence-electron chi connectivity index (χ2n) is 7.35. The van der Waals surface area contributed by atoms with Gasteiger partial charge in [0.2, 0.25) is 0 Å². The average Bonchev–Trinajstić information content (AvgIpc) is 2.81. The molecule has 5 heteroatoms. The van der Waals surface area contributed by atoms with Crippen molar-refractivity contribution in [2.24, 2.45) is 0 Å². The molecule has 0 heterocycles. The number of carbonyl (C=O) groups excluding carboxylic acids is 1. The molecule has 0 fully saturated rings. The van der Waals surface area contributed by atoms with Gasteiger partial charge in [0.05, 0.1) is 6.61 Å². The van der Waals surface area contributed by atoms with Crippen LogP contribution in [0.3, 0.4) is 0 Å². The second-order valence-corrected chi connectivity index (χ2v) is 7.35. The van der Waals surface area contributed by atoms with Crippen LogP contribution in [-0.2, 0) is 9.53 Å². The molecule has 0 aliphatic heterocycles. The Balaban J connectivity index is 1.79. The van der Waals surface area contributed by atoms with Gasteiger partial charge in [-0.2, -0.15) is 0 Å². The Morgan fingerprint density at radius 2 is 1.59 bits per heavy atom. The molecule has 0 saturated carbocycles. The molecule has 0 bridgehead atoms. The standard InChI is InChI=1S/C27H28O5/c1-4-27(29)32-16-15-31-26-17-19(2)5-11-25(26)22-8-12-24(20(3)18-22)21-6-9-23(10-7-21)30-14-13-28/h4-12,17-18,28H,1,13-16H2,2-3H3. The number of aryl methyl sites for hydroxylation is 2. The maximum Gasteiger partial charge on any atom is 0.330 e. The van der Waals surface area contributed by atoms with E-state index in [4.69, 9.17) is 19.3 Å². The minimum absolute atomic E-state index is 0.00694. The highest BCUT2D eigenvalue weighted by Crippen LogP contribution is 2.34. The molecule has 166 valence electrons. The normalized spacial score (nSPS) is 10.5. The molecular formula is C27H28O5. The lowest BCUT2D eigenvalue weighted by atomic mass is 9.95. The SMILES string of the molecule is C=CC(=O)OCCOc1cc(C)ccc1-c1ccc(-c2ccc(OCCO)cc2)c(C)c1. The van der Waals surface area contributed by atoms with E-state index in [1.165, 1.54) is 0 Å². The summed E-state index contributed by atoms with van der Waals surface area (Å²) in [5.41, 5.74) is 6.48. The van der Waals surface area contributed by atoms with E-state index < -0.39 is 5.97 Å². The number of aliphatic hydroxyl groups excluding tert-OH is 1. The summed E-state index contributed by atoms with van der Waals surface area (Å²) in [4.78, 5) is 11.2. The number of rotatable bonds is 10. The van der Waals surface area contributed by atoms with Crippen LogP contribution in [0.2, 0.25) is 0 Å². The molecule has 3 aromatic carbocycles. The molecule has 0 atom stereocenters. The highest BCUT2D eigenvalue weighted by molar-refractivity contribution is 5.81. The first-order valence-electron chi connectivity index (χ1n) is 10.5. The summed E-state index contributed by atoms with van der Waals surface area (Å²) in [6.45, 7) is 8.18. The van der Waals surface area contributed by atoms with Gasteiger partial charge >= 0.3 is 5.97 Å². The van der Waals surface area contributed by atoms with Gasteiger partial charge in [0.15, 0.2) is 0 Å². The van der Waals surface area contributed by atoms with Crippen LogP contribution < -0.4 is 9.47 Å². The molecule has 0 spiro atoms. The average molecular weight is 433 g/mol. The van der Waals surface area contributed by atoms with Crippen LogP contribution in [0.25, 0.3) is 22.3 Å². The molecule has 5 nitrogen and oxygen atoms in total. The van der Waals surface area contributed by atoms with Crippen LogP contribution in [-0.4, -0.2) is 37.5 Å². The van der Waals surface area contributed by atoms with Gasteiger partial charge in [0.25, 0.3) is 0 Å². The summed E-state index contributed by atoms with van der Waals surface area (Å²) in [5, 5.41) is 8.89. The van der Waals surface area contributed by atoms with Crippen LogP contribution in [0.5, 0.6) is 11.5 Å². The molecule has 3 aromatic rings. The molecule has 0 aliphatic rings. The Morgan fingerprint density at radius 1 is 0.875 bits per heavy atom. The van der Waals surface area contributed by atoms with Crippen LogP contribution in [0.15, 0.2) is 73.3 Å². The van der Waals surface area contributed by atoms with Gasteiger partial charge < -0.3 is 19.3 Å². The quantitative estimate of drug-likeness (QED) is 0.274. The lowest BCUT2D eigenvalue weighted by Crippen LogP contribution is -2.10. The Labute approximate surface area is 188 Å². The third-order valence-corrected chi connectivity index (χ3v) is 4.95. The van der Waals surface area contributed by atoms with Crippen LogP contribution >= 0.6 is 0 Å². The van der Waals surface area contributed by atoms with Gasteiger partial charge in [-0.1, -0.05) is 49.0 Å². The number of ether oxygens (including phenoxy) is 3. The molecule has 3 rings (SSSR count). The van der Waals surface area contributed by atoms with Crippen molar-refractivity contribution in [2.75, 3.05) is 26.4 Å². The molecule has 0 aromatic heterocycles. The Hall–Kier alpha value is -3.57. The lowest BCUT2D eigenvalue weighted by Gasteiger charge is -2.15. The highest BCUT2D eigenvalue weighted by Gasteiger charge is 2.10. The van der Waals surface area contributed by atoms with Gasteiger partial charge in [-0.15, -0.1) is 0 Å². The summed E-state index contributed by atoms with van der Waals surface area (Å²) in [6.07, 6.45) is 1.14. The molecule has 0 radical (unpaired) electrons. The van der Waals surface area contributed by atoms with Crippen molar-refractivity contribution in [3.63, 3.8) is 0 Å². The first-order chi connectivity index (χ1) is 15.5. The van der Waals surface area contributed by atoms with E-state index >= 15 is 0 Å². The molecular weight excluding hydrogens is 404 g/mol. The first-order valence-corrected chi connectivity index (χ1v) is 10.5. The number of carbonyl (C=O) groups is 1. The first kappa shape index (κ1) is 23.1. The van der Waals surface area contributed by atoms with E-state index in [0.29, 0.717) is 0 Å². The van der Waals surface area contributed by atoms with Crippen molar-refractivity contribution in [1.29, 1.82) is 0 Å². The zero-order chi connectivity index (χ0) is 22.9. The molecule has 32 heavy (non-hydrogen) atoms. The number of aliphatic hydroxyl groups is 1. The van der Waals surface area contributed by atoms with Crippen molar-refractivity contribution in [3.8, 4) is 33.8 Å². The van der Waals surface area contributed by atoms with Gasteiger partial charge in [-0.05, 0) is 59.9 Å². The number of benzene rings is 3. The second kappa shape index (κ2) is 11.2. The van der Waals surface area contributed by atoms with Crippen molar-refractivity contribution in [2.45, 2.75) is 13.8 Å². The molecule has 0 saturated heterocycles. The minimum Gasteiger partial charge on any atom is -0.491 e. The van der Waals surface area contributed by atoms with E-state index in [2.05, 4.69) is 31.7 Å². The van der Waals surface area contributed by atoms with Gasteiger partial charge in [-0.25, -0.2) is 4.79 Å². The number of hydrogen-bond acceptors (Lipinski definition) is 5. The minimum atomic E-state index is -0.461. The maximum atomic E-state index is 11.2. The predicted octanol–water partition coefficient (Wildman–Crippen LogP) is 5.12. The van der Waals surface area contributed by atoms with E-state index in [-0.39, 0.29) is 26.4 Å². The fraction of sp³-hybridized carbons (Fsp3) is 0.222. The number of hydrogen-bond donors (Lipinski definition) is 1. The Morgan fingerprint density at radius 3 is 2.28 bits per heavy atom. The third kappa shape index (κ3) is 5.99. The Kier molecular flexibility index (Phi) is 8.06. The fourth-order valence-electron chi connectivity index (χ4n) is 3.39. The molecule has 0 amide bonds. The van der Waals surface area contributed by atoms with Gasteiger partial charge in [-0.3, -0.25) is 0 Å². The van der Waals surface area contributed by atoms with Crippen molar-refractivity contribution in [1.82, 2.24) is 0 Å². The smallest absolute Gasteiger partial charge is 0.330 e. The zero-order valence-electron chi connectivity index (χ0n) is 18.5. The monoisotopic (exact) mass is 432 g/mol. The summed E-state index contributed by atoms with van der Waals surface area (Å²) in [6, 6.07) is 20.2.